The topological polar surface area (TPSA) is 100 Å². The number of aryl methyl sites for hydroxylation is 1. The number of benzene rings is 2. The van der Waals surface area contributed by atoms with Gasteiger partial charge in [0.15, 0.2) is 5.58 Å². The van der Waals surface area contributed by atoms with Crippen LogP contribution in [0.4, 0.5) is 4.79 Å². The molecule has 0 radical (unpaired) electrons. The van der Waals surface area contributed by atoms with Crippen molar-refractivity contribution in [3.63, 3.8) is 0 Å². The number of amides is 2. The molecule has 0 bridgehead atoms. The van der Waals surface area contributed by atoms with Crippen LogP contribution in [0.1, 0.15) is 24.8 Å². The Bertz CT molecular complexity index is 1160. The number of hydroxylamine groups is 2. The van der Waals surface area contributed by atoms with Gasteiger partial charge in [-0.1, -0.05) is 30.3 Å². The molecule has 1 atom stereocenters. The summed E-state index contributed by atoms with van der Waals surface area (Å²) in [5.74, 6) is -0.391. The van der Waals surface area contributed by atoms with E-state index >= 15 is 0 Å². The van der Waals surface area contributed by atoms with E-state index in [0.29, 0.717) is 25.2 Å². The predicted molar refractivity (Wildman–Crippen MR) is 115 cm³/mol. The zero-order chi connectivity index (χ0) is 21.8. The second kappa shape index (κ2) is 9.06. The lowest BCUT2D eigenvalue weighted by Crippen LogP contribution is -2.45. The molecule has 1 N–H and O–H groups in total. The summed E-state index contributed by atoms with van der Waals surface area (Å²) in [7, 11) is 1.67. The first-order valence-corrected chi connectivity index (χ1v) is 10.3. The molecule has 2 heterocycles. The van der Waals surface area contributed by atoms with Crippen molar-refractivity contribution in [3.05, 3.63) is 58.6 Å². The van der Waals surface area contributed by atoms with Gasteiger partial charge in [-0.25, -0.2) is 14.7 Å². The monoisotopic (exact) mass is 420 g/mol. The number of rotatable bonds is 4. The number of fused-ring (bicyclic) bond motifs is 1. The van der Waals surface area contributed by atoms with E-state index in [1.54, 1.807) is 13.1 Å². The average molecular weight is 420 g/mol. The first kappa shape index (κ1) is 20.7. The smallest absolute Gasteiger partial charge is 0.408 e. The van der Waals surface area contributed by atoms with Crippen LogP contribution < -0.4 is 11.1 Å². The third-order valence-corrected chi connectivity index (χ3v) is 5.45. The maximum absolute atomic E-state index is 12.4. The normalized spacial score (nSPS) is 15.3. The Hall–Kier alpha value is -3.57. The van der Waals surface area contributed by atoms with Crippen molar-refractivity contribution in [3.8, 4) is 17.2 Å². The Morgan fingerprint density at radius 2 is 1.94 bits per heavy atom. The van der Waals surface area contributed by atoms with Crippen LogP contribution in [-0.4, -0.2) is 34.9 Å². The van der Waals surface area contributed by atoms with E-state index in [2.05, 4.69) is 11.4 Å². The van der Waals surface area contributed by atoms with Gasteiger partial charge in [-0.15, -0.1) is 0 Å². The van der Waals surface area contributed by atoms with Crippen LogP contribution >= 0.6 is 0 Å². The van der Waals surface area contributed by atoms with Crippen LogP contribution in [0.25, 0.3) is 22.2 Å². The Morgan fingerprint density at radius 3 is 2.71 bits per heavy atom. The van der Waals surface area contributed by atoms with Crippen molar-refractivity contribution in [1.29, 1.82) is 5.26 Å². The molecule has 0 unspecified atom stereocenters. The number of hydrogen-bond donors (Lipinski definition) is 1. The van der Waals surface area contributed by atoms with Crippen molar-refractivity contribution in [2.75, 3.05) is 13.2 Å². The van der Waals surface area contributed by atoms with Gasteiger partial charge < -0.3 is 9.73 Å². The molecule has 8 heteroatoms. The molecule has 1 aromatic heterocycles. The SMILES string of the molecule is Cn1c(=O)oc2ccc(-c3ccc(C[C@@H](C#N)NC(=O)N4CCCCCO4)cc3)cc21. The predicted octanol–water partition coefficient (Wildman–Crippen LogP) is 3.36. The van der Waals surface area contributed by atoms with Crippen LogP contribution in [0, 0.1) is 11.3 Å². The zero-order valence-electron chi connectivity index (χ0n) is 17.3. The molecule has 1 saturated heterocycles. The van der Waals surface area contributed by atoms with Crippen LogP contribution in [0.5, 0.6) is 0 Å². The standard InChI is InChI=1S/C23H24N4O4/c1-26-20-14-18(9-10-21(20)31-23(26)29)17-7-5-16(6-8-17)13-19(15-24)25-22(28)27-11-3-2-4-12-30-27/h5-10,14,19H,2-4,11-13H2,1H3,(H,25,28)/t19-/m0/s1. The van der Waals surface area contributed by atoms with Crippen LogP contribution in [0.15, 0.2) is 51.7 Å². The van der Waals surface area contributed by atoms with Gasteiger partial charge in [0, 0.05) is 13.5 Å². The van der Waals surface area contributed by atoms with E-state index in [1.807, 2.05) is 36.4 Å². The fourth-order valence-corrected chi connectivity index (χ4v) is 3.66. The van der Waals surface area contributed by atoms with Gasteiger partial charge in [-0.3, -0.25) is 9.40 Å². The van der Waals surface area contributed by atoms with Crippen LogP contribution in [0.2, 0.25) is 0 Å². The van der Waals surface area contributed by atoms with Gasteiger partial charge in [0.1, 0.15) is 6.04 Å². The number of oxazole rings is 1. The first-order valence-electron chi connectivity index (χ1n) is 10.3. The Kier molecular flexibility index (Phi) is 6.05. The Morgan fingerprint density at radius 1 is 1.16 bits per heavy atom. The summed E-state index contributed by atoms with van der Waals surface area (Å²) < 4.78 is 6.65. The minimum atomic E-state index is -0.651. The number of aromatic nitrogens is 1. The van der Waals surface area contributed by atoms with Crippen molar-refractivity contribution >= 4 is 17.1 Å². The maximum Gasteiger partial charge on any atom is 0.419 e. The molecule has 0 spiro atoms. The molecule has 2 amide bonds. The molecule has 1 aliphatic heterocycles. The highest BCUT2D eigenvalue weighted by atomic mass is 16.7. The second-order valence-electron chi connectivity index (χ2n) is 7.64. The number of hydrogen-bond acceptors (Lipinski definition) is 5. The summed E-state index contributed by atoms with van der Waals surface area (Å²) >= 11 is 0. The molecule has 2 aromatic carbocycles. The van der Waals surface area contributed by atoms with Gasteiger partial charge in [0.05, 0.1) is 24.7 Å². The highest BCUT2D eigenvalue weighted by Gasteiger charge is 2.20. The summed E-state index contributed by atoms with van der Waals surface area (Å²) in [6.07, 6.45) is 3.25. The number of urea groups is 1. The highest BCUT2D eigenvalue weighted by Crippen LogP contribution is 2.24. The quantitative estimate of drug-likeness (QED) is 0.698. The molecule has 0 saturated carbocycles. The molecule has 0 aliphatic carbocycles. The van der Waals surface area contributed by atoms with Crippen molar-refractivity contribution < 1.29 is 14.0 Å². The van der Waals surface area contributed by atoms with Crippen LogP contribution in [0.3, 0.4) is 0 Å². The summed E-state index contributed by atoms with van der Waals surface area (Å²) in [4.78, 5) is 29.5. The van der Waals surface area contributed by atoms with E-state index in [-0.39, 0.29) is 6.03 Å². The fourth-order valence-electron chi connectivity index (χ4n) is 3.66. The van der Waals surface area contributed by atoms with Crippen molar-refractivity contribution in [2.24, 2.45) is 7.05 Å². The molecule has 160 valence electrons. The van der Waals surface area contributed by atoms with Gasteiger partial charge >= 0.3 is 11.8 Å². The molecule has 1 fully saturated rings. The molecule has 1 aliphatic rings. The lowest BCUT2D eigenvalue weighted by molar-refractivity contribution is -0.109. The molecule has 4 rings (SSSR count). The van der Waals surface area contributed by atoms with E-state index in [1.165, 1.54) is 9.63 Å². The number of nitrogens with one attached hydrogen (secondary N) is 1. The second-order valence-corrected chi connectivity index (χ2v) is 7.64. The fraction of sp³-hybridized carbons (Fsp3) is 0.348. The van der Waals surface area contributed by atoms with E-state index < -0.39 is 11.8 Å². The molecule has 31 heavy (non-hydrogen) atoms. The van der Waals surface area contributed by atoms with E-state index in [9.17, 15) is 14.9 Å². The first-order chi connectivity index (χ1) is 15.0. The number of carbonyl (C=O) groups excluding carboxylic acids is 1. The third-order valence-electron chi connectivity index (χ3n) is 5.45. The molecular weight excluding hydrogens is 396 g/mol. The van der Waals surface area contributed by atoms with E-state index in [4.69, 9.17) is 9.25 Å². The van der Waals surface area contributed by atoms with Gasteiger partial charge in [0.2, 0.25) is 0 Å². The van der Waals surface area contributed by atoms with Gasteiger partial charge in [0.25, 0.3) is 0 Å². The molecular formula is C23H24N4O4. The number of nitrogens with zero attached hydrogens (tertiary/aromatic N) is 3. The number of nitriles is 1. The van der Waals surface area contributed by atoms with Gasteiger partial charge in [-0.05, 0) is 48.1 Å². The van der Waals surface area contributed by atoms with E-state index in [0.717, 1.165) is 41.5 Å². The number of carbonyl (C=O) groups is 1. The maximum atomic E-state index is 12.4. The molecule has 8 nitrogen and oxygen atoms in total. The van der Waals surface area contributed by atoms with Crippen molar-refractivity contribution in [2.45, 2.75) is 31.7 Å². The molecule has 3 aromatic rings. The zero-order valence-corrected chi connectivity index (χ0v) is 17.3. The summed E-state index contributed by atoms with van der Waals surface area (Å²) in [5, 5.41) is 13.6. The summed E-state index contributed by atoms with van der Waals surface area (Å²) in [5.41, 5.74) is 4.15. The van der Waals surface area contributed by atoms with Gasteiger partial charge in [-0.2, -0.15) is 5.26 Å². The Labute approximate surface area is 179 Å². The lowest BCUT2D eigenvalue weighted by atomic mass is 10.0. The minimum absolute atomic E-state index is 0.371. The summed E-state index contributed by atoms with van der Waals surface area (Å²) in [6.45, 7) is 1.05. The van der Waals surface area contributed by atoms with Crippen molar-refractivity contribution in [1.82, 2.24) is 14.9 Å². The Balaban J connectivity index is 1.43. The van der Waals surface area contributed by atoms with Crippen LogP contribution in [-0.2, 0) is 18.3 Å². The minimum Gasteiger partial charge on any atom is -0.408 e. The third kappa shape index (κ3) is 4.62. The lowest BCUT2D eigenvalue weighted by Gasteiger charge is -2.21. The average Bonchev–Trinajstić information content (AvgIpc) is 2.96. The largest absolute Gasteiger partial charge is 0.419 e. The summed E-state index contributed by atoms with van der Waals surface area (Å²) in [6, 6.07) is 14.5. The highest BCUT2D eigenvalue weighted by molar-refractivity contribution is 5.80.